The Labute approximate surface area is 125 Å². The van der Waals surface area contributed by atoms with Crippen molar-refractivity contribution in [3.63, 3.8) is 0 Å². The van der Waals surface area contributed by atoms with Crippen molar-refractivity contribution in [2.24, 2.45) is 0 Å². The van der Waals surface area contributed by atoms with Crippen LogP contribution in [0.5, 0.6) is 0 Å². The van der Waals surface area contributed by atoms with Gasteiger partial charge in [-0.25, -0.2) is 9.78 Å². The molecule has 7 heteroatoms. The maximum Gasteiger partial charge on any atom is 0.356 e. The van der Waals surface area contributed by atoms with Crippen LogP contribution < -0.4 is 5.73 Å². The lowest BCUT2D eigenvalue weighted by Gasteiger charge is -2.04. The van der Waals surface area contributed by atoms with Crippen LogP contribution in [0.4, 0.5) is 5.69 Å². The summed E-state index contributed by atoms with van der Waals surface area (Å²) in [6.07, 6.45) is 3.57. The van der Waals surface area contributed by atoms with Crippen molar-refractivity contribution in [1.29, 1.82) is 5.26 Å². The minimum atomic E-state index is -0.543. The molecule has 0 radical (unpaired) electrons. The molecule has 0 aliphatic rings. The van der Waals surface area contributed by atoms with Gasteiger partial charge in [0.15, 0.2) is 11.5 Å². The fraction of sp³-hybridized carbons (Fsp3) is 0.133. The average molecular weight is 295 g/mol. The van der Waals surface area contributed by atoms with Crippen molar-refractivity contribution >= 4 is 22.7 Å². The van der Waals surface area contributed by atoms with E-state index in [4.69, 9.17) is 10.5 Å². The predicted octanol–water partition coefficient (Wildman–Crippen LogP) is 1.98. The van der Waals surface area contributed by atoms with Crippen LogP contribution in [0.3, 0.4) is 0 Å². The van der Waals surface area contributed by atoms with Crippen LogP contribution >= 0.6 is 0 Å². The van der Waals surface area contributed by atoms with Gasteiger partial charge in [-0.15, -0.1) is 0 Å². The molecule has 22 heavy (non-hydrogen) atoms. The summed E-state index contributed by atoms with van der Waals surface area (Å²) in [6, 6.07) is 7.38. The second-order valence-electron chi connectivity index (χ2n) is 4.59. The molecule has 0 bridgehead atoms. The Kier molecular flexibility index (Phi) is 3.27. The van der Waals surface area contributed by atoms with Crippen LogP contribution in [0.25, 0.3) is 16.9 Å². The number of esters is 1. The van der Waals surface area contributed by atoms with Crippen molar-refractivity contribution in [2.45, 2.75) is 6.92 Å². The number of anilines is 1. The minimum Gasteiger partial charge on any atom is -0.461 e. The lowest BCUT2D eigenvalue weighted by atomic mass is 10.2. The standard InChI is InChI=1S/C15H13N5O2/c1-2-22-15(21)12-11(17)10-7-9(8-16)14(19-13(10)18-12)20-5-3-4-6-20/h3-7H,2,17H2,1H3,(H,18,19). The zero-order chi connectivity index (χ0) is 15.7. The number of aromatic nitrogens is 3. The first-order valence-electron chi connectivity index (χ1n) is 6.68. The number of pyridine rings is 1. The van der Waals surface area contributed by atoms with E-state index in [9.17, 15) is 10.1 Å². The van der Waals surface area contributed by atoms with E-state index < -0.39 is 5.97 Å². The molecular formula is C15H13N5O2. The number of hydrogen-bond donors (Lipinski definition) is 2. The smallest absolute Gasteiger partial charge is 0.356 e. The fourth-order valence-corrected chi connectivity index (χ4v) is 2.24. The van der Waals surface area contributed by atoms with E-state index in [1.165, 1.54) is 0 Å². The van der Waals surface area contributed by atoms with E-state index in [1.54, 1.807) is 30.0 Å². The number of ether oxygens (including phenoxy) is 1. The maximum atomic E-state index is 11.9. The van der Waals surface area contributed by atoms with Crippen LogP contribution in [0.2, 0.25) is 0 Å². The van der Waals surface area contributed by atoms with Gasteiger partial charge in [0.05, 0.1) is 17.9 Å². The van der Waals surface area contributed by atoms with Crippen molar-refractivity contribution in [2.75, 3.05) is 12.3 Å². The number of hydrogen-bond acceptors (Lipinski definition) is 5. The molecule has 110 valence electrons. The summed E-state index contributed by atoms with van der Waals surface area (Å²) >= 11 is 0. The lowest BCUT2D eigenvalue weighted by Crippen LogP contribution is -2.07. The van der Waals surface area contributed by atoms with Gasteiger partial charge >= 0.3 is 5.97 Å². The highest BCUT2D eigenvalue weighted by atomic mass is 16.5. The van der Waals surface area contributed by atoms with Gasteiger partial charge in [0.2, 0.25) is 0 Å². The molecule has 0 atom stereocenters. The Bertz CT molecular complexity index is 887. The first-order chi connectivity index (χ1) is 10.7. The normalized spacial score (nSPS) is 10.5. The maximum absolute atomic E-state index is 11.9. The van der Waals surface area contributed by atoms with Crippen molar-refractivity contribution in [3.8, 4) is 11.9 Å². The van der Waals surface area contributed by atoms with Crippen molar-refractivity contribution < 1.29 is 9.53 Å². The first-order valence-corrected chi connectivity index (χ1v) is 6.68. The topological polar surface area (TPSA) is 110 Å². The molecule has 0 aliphatic carbocycles. The lowest BCUT2D eigenvalue weighted by molar-refractivity contribution is 0.0522. The van der Waals surface area contributed by atoms with Crippen LogP contribution in [0.1, 0.15) is 23.0 Å². The van der Waals surface area contributed by atoms with Crippen LogP contribution in [0.15, 0.2) is 30.6 Å². The number of carbonyl (C=O) groups excluding carboxylic acids is 1. The molecule has 0 fully saturated rings. The first kappa shape index (κ1) is 13.7. The molecule has 0 amide bonds. The highest BCUT2D eigenvalue weighted by molar-refractivity contribution is 6.04. The number of carbonyl (C=O) groups is 1. The molecule has 0 saturated carbocycles. The van der Waals surface area contributed by atoms with E-state index in [1.807, 2.05) is 12.1 Å². The van der Waals surface area contributed by atoms with Gasteiger partial charge < -0.3 is 20.0 Å². The summed E-state index contributed by atoms with van der Waals surface area (Å²) in [6.45, 7) is 1.96. The summed E-state index contributed by atoms with van der Waals surface area (Å²) in [7, 11) is 0. The number of nitrogens with two attached hydrogens (primary N) is 1. The zero-order valence-corrected chi connectivity index (χ0v) is 11.8. The fourth-order valence-electron chi connectivity index (χ4n) is 2.24. The van der Waals surface area contributed by atoms with E-state index in [0.717, 1.165) is 0 Å². The van der Waals surface area contributed by atoms with Crippen LogP contribution in [-0.4, -0.2) is 27.1 Å². The Morgan fingerprint density at radius 3 is 2.86 bits per heavy atom. The Balaban J connectivity index is 2.22. The summed E-state index contributed by atoms with van der Waals surface area (Å²) in [5.74, 6) is -0.0734. The average Bonchev–Trinajstić information content (AvgIpc) is 3.15. The summed E-state index contributed by atoms with van der Waals surface area (Å²) in [4.78, 5) is 19.2. The number of fused-ring (bicyclic) bond motifs is 1. The van der Waals surface area contributed by atoms with Crippen LogP contribution in [0, 0.1) is 11.3 Å². The molecule has 3 aromatic rings. The third kappa shape index (κ3) is 2.07. The van der Waals surface area contributed by atoms with Gasteiger partial charge in [-0.1, -0.05) is 0 Å². The highest BCUT2D eigenvalue weighted by Crippen LogP contribution is 2.27. The largest absolute Gasteiger partial charge is 0.461 e. The Morgan fingerprint density at radius 2 is 2.23 bits per heavy atom. The highest BCUT2D eigenvalue weighted by Gasteiger charge is 2.19. The molecule has 0 spiro atoms. The van der Waals surface area contributed by atoms with Gasteiger partial charge in [-0.2, -0.15) is 5.26 Å². The number of nitriles is 1. The third-order valence-corrected chi connectivity index (χ3v) is 3.25. The molecule has 3 heterocycles. The van der Waals surface area contributed by atoms with Crippen molar-refractivity contribution in [3.05, 3.63) is 41.9 Å². The monoisotopic (exact) mass is 295 g/mol. The van der Waals surface area contributed by atoms with Crippen molar-refractivity contribution in [1.82, 2.24) is 14.5 Å². The van der Waals surface area contributed by atoms with Gasteiger partial charge in [0, 0.05) is 17.8 Å². The zero-order valence-electron chi connectivity index (χ0n) is 11.8. The summed E-state index contributed by atoms with van der Waals surface area (Å²) in [5, 5.41) is 9.85. The minimum absolute atomic E-state index is 0.151. The molecule has 3 rings (SSSR count). The van der Waals surface area contributed by atoms with E-state index >= 15 is 0 Å². The number of nitrogens with zero attached hydrogens (tertiary/aromatic N) is 3. The number of H-pyrrole nitrogens is 1. The molecule has 3 N–H and O–H groups in total. The number of nitrogens with one attached hydrogen (secondary N) is 1. The molecule has 0 aliphatic heterocycles. The number of nitrogen functional groups attached to an aromatic ring is 1. The van der Waals surface area contributed by atoms with Gasteiger partial charge in [-0.05, 0) is 25.1 Å². The Morgan fingerprint density at radius 1 is 1.50 bits per heavy atom. The van der Waals surface area contributed by atoms with Gasteiger partial charge in [0.25, 0.3) is 0 Å². The predicted molar refractivity (Wildman–Crippen MR) is 80.5 cm³/mol. The second-order valence-corrected chi connectivity index (χ2v) is 4.59. The molecule has 0 unspecified atom stereocenters. The molecule has 3 aromatic heterocycles. The van der Waals surface area contributed by atoms with E-state index in [0.29, 0.717) is 22.4 Å². The third-order valence-electron chi connectivity index (χ3n) is 3.25. The molecule has 0 saturated heterocycles. The Hall–Kier alpha value is -3.27. The SMILES string of the molecule is CCOC(=O)c1[nH]c2nc(-n3cccc3)c(C#N)cc2c1N. The second kappa shape index (κ2) is 5.26. The van der Waals surface area contributed by atoms with E-state index in [2.05, 4.69) is 16.0 Å². The van der Waals surface area contributed by atoms with Crippen LogP contribution in [-0.2, 0) is 4.74 Å². The summed E-state index contributed by atoms with van der Waals surface area (Å²) in [5.41, 5.74) is 7.16. The number of aromatic amines is 1. The van der Waals surface area contributed by atoms with Gasteiger partial charge in [-0.3, -0.25) is 0 Å². The quantitative estimate of drug-likeness (QED) is 0.718. The molecule has 7 nitrogen and oxygen atoms in total. The molecule has 0 aromatic carbocycles. The molecular weight excluding hydrogens is 282 g/mol. The van der Waals surface area contributed by atoms with E-state index in [-0.39, 0.29) is 18.0 Å². The number of rotatable bonds is 3. The van der Waals surface area contributed by atoms with Gasteiger partial charge in [0.1, 0.15) is 11.7 Å². The summed E-state index contributed by atoms with van der Waals surface area (Å²) < 4.78 is 6.67.